The Morgan fingerprint density at radius 3 is 1.55 bits per heavy atom. The predicted molar refractivity (Wildman–Crippen MR) is 131 cm³/mol. The molecule has 4 rings (SSSR count). The van der Waals surface area contributed by atoms with E-state index < -0.39 is 0 Å². The van der Waals surface area contributed by atoms with Gasteiger partial charge in [0, 0.05) is 13.1 Å². The number of hydrogen-bond donors (Lipinski definition) is 0. The van der Waals surface area contributed by atoms with Gasteiger partial charge < -0.3 is 9.13 Å². The maximum atomic E-state index is 5.20. The topological polar surface area (TPSA) is 35.6 Å². The highest BCUT2D eigenvalue weighted by Gasteiger charge is 2.27. The van der Waals surface area contributed by atoms with E-state index in [4.69, 9.17) is 9.97 Å². The maximum absolute atomic E-state index is 5.20. The van der Waals surface area contributed by atoms with Crippen molar-refractivity contribution in [3.05, 3.63) is 60.2 Å². The monoisotopic (exact) mass is 416 g/mol. The highest BCUT2D eigenvalue weighted by atomic mass is 15.1. The van der Waals surface area contributed by atoms with Crippen LogP contribution in [0.2, 0.25) is 0 Å². The van der Waals surface area contributed by atoms with Crippen LogP contribution in [0.15, 0.2) is 48.5 Å². The van der Waals surface area contributed by atoms with Crippen LogP contribution in [0.3, 0.4) is 0 Å². The summed E-state index contributed by atoms with van der Waals surface area (Å²) in [5.41, 5.74) is 4.71. The first-order valence-corrected chi connectivity index (χ1v) is 12.2. The molecule has 2 heterocycles. The van der Waals surface area contributed by atoms with Gasteiger partial charge in [0.25, 0.3) is 0 Å². The Morgan fingerprint density at radius 1 is 0.645 bits per heavy atom. The standard InChI is InChI=1S/C27H36N4/c1-4-7-14-21(26-28-22-15-10-12-17-24(22)30(26)19-8-5-2)27-29-23-16-11-13-18-25(23)31(27)20-9-6-3/h10-13,15-18,21H,4-9,14,19-20H2,1-3H3. The van der Waals surface area contributed by atoms with Crippen LogP contribution in [-0.4, -0.2) is 19.1 Å². The van der Waals surface area contributed by atoms with E-state index >= 15 is 0 Å². The first-order valence-electron chi connectivity index (χ1n) is 12.2. The van der Waals surface area contributed by atoms with Gasteiger partial charge in [-0.3, -0.25) is 0 Å². The molecule has 0 aliphatic heterocycles. The number of fused-ring (bicyclic) bond motifs is 2. The van der Waals surface area contributed by atoms with E-state index in [9.17, 15) is 0 Å². The van der Waals surface area contributed by atoms with E-state index in [0.29, 0.717) is 0 Å². The van der Waals surface area contributed by atoms with Crippen molar-refractivity contribution in [1.82, 2.24) is 19.1 Å². The molecule has 4 nitrogen and oxygen atoms in total. The molecule has 0 aliphatic carbocycles. The van der Waals surface area contributed by atoms with Gasteiger partial charge in [-0.1, -0.05) is 70.7 Å². The molecule has 0 saturated heterocycles. The first-order chi connectivity index (χ1) is 15.3. The maximum Gasteiger partial charge on any atom is 0.120 e. The molecule has 4 aromatic rings. The van der Waals surface area contributed by atoms with Gasteiger partial charge in [-0.15, -0.1) is 0 Å². The van der Waals surface area contributed by atoms with Gasteiger partial charge in [0.15, 0.2) is 0 Å². The van der Waals surface area contributed by atoms with Crippen LogP contribution >= 0.6 is 0 Å². The van der Waals surface area contributed by atoms with Crippen LogP contribution in [0, 0.1) is 0 Å². The summed E-state index contributed by atoms with van der Waals surface area (Å²) >= 11 is 0. The summed E-state index contributed by atoms with van der Waals surface area (Å²) in [7, 11) is 0. The zero-order valence-electron chi connectivity index (χ0n) is 19.3. The van der Waals surface area contributed by atoms with Crippen molar-refractivity contribution in [1.29, 1.82) is 0 Å². The average Bonchev–Trinajstić information content (AvgIpc) is 3.35. The summed E-state index contributed by atoms with van der Waals surface area (Å²) in [5, 5.41) is 0. The highest BCUT2D eigenvalue weighted by molar-refractivity contribution is 5.77. The molecule has 0 bridgehead atoms. The molecule has 31 heavy (non-hydrogen) atoms. The van der Waals surface area contributed by atoms with Crippen LogP contribution in [0.1, 0.15) is 83.3 Å². The predicted octanol–water partition coefficient (Wildman–Crippen LogP) is 7.31. The van der Waals surface area contributed by atoms with Crippen molar-refractivity contribution in [2.24, 2.45) is 0 Å². The van der Waals surface area contributed by atoms with Crippen LogP contribution in [0.25, 0.3) is 22.1 Å². The minimum atomic E-state index is 0.216. The van der Waals surface area contributed by atoms with Gasteiger partial charge >= 0.3 is 0 Å². The number of para-hydroxylation sites is 4. The van der Waals surface area contributed by atoms with Crippen molar-refractivity contribution in [3.63, 3.8) is 0 Å². The molecule has 0 fully saturated rings. The molecule has 4 heteroatoms. The molecule has 2 aromatic carbocycles. The third kappa shape index (κ3) is 4.39. The number of rotatable bonds is 11. The molecule has 2 aromatic heterocycles. The van der Waals surface area contributed by atoms with Crippen molar-refractivity contribution in [2.75, 3.05) is 0 Å². The smallest absolute Gasteiger partial charge is 0.120 e. The number of aryl methyl sites for hydroxylation is 2. The Bertz CT molecular complexity index is 1030. The first kappa shape index (κ1) is 21.6. The lowest BCUT2D eigenvalue weighted by Crippen LogP contribution is -2.16. The summed E-state index contributed by atoms with van der Waals surface area (Å²) in [6.45, 7) is 8.83. The molecule has 164 valence electrons. The number of hydrogen-bond acceptors (Lipinski definition) is 2. The lowest BCUT2D eigenvalue weighted by molar-refractivity contribution is 0.517. The molecule has 0 saturated carbocycles. The lowest BCUT2D eigenvalue weighted by atomic mass is 9.99. The molecule has 0 radical (unpaired) electrons. The fraction of sp³-hybridized carbons (Fsp3) is 0.481. The van der Waals surface area contributed by atoms with E-state index in [1.165, 1.54) is 61.2 Å². The third-order valence-electron chi connectivity index (χ3n) is 6.31. The Balaban J connectivity index is 1.89. The van der Waals surface area contributed by atoms with Gasteiger partial charge in [0.05, 0.1) is 28.0 Å². The number of imidazole rings is 2. The average molecular weight is 417 g/mol. The minimum absolute atomic E-state index is 0.216. The van der Waals surface area contributed by atoms with Crippen molar-refractivity contribution in [2.45, 2.75) is 84.7 Å². The van der Waals surface area contributed by atoms with E-state index in [-0.39, 0.29) is 5.92 Å². The normalized spacial score (nSPS) is 11.9. The number of benzene rings is 2. The number of unbranched alkanes of at least 4 members (excludes halogenated alkanes) is 3. The molecule has 0 spiro atoms. The molecular formula is C27H36N4. The molecule has 0 N–H and O–H groups in total. The Kier molecular flexibility index (Phi) is 7.06. The summed E-state index contributed by atoms with van der Waals surface area (Å²) < 4.78 is 4.95. The lowest BCUT2D eigenvalue weighted by Gasteiger charge is -2.20. The summed E-state index contributed by atoms with van der Waals surface area (Å²) in [6, 6.07) is 17.2. The van der Waals surface area contributed by atoms with Crippen LogP contribution < -0.4 is 0 Å². The zero-order chi connectivity index (χ0) is 21.6. The van der Waals surface area contributed by atoms with E-state index in [1.54, 1.807) is 0 Å². The van der Waals surface area contributed by atoms with Crippen LogP contribution in [0.4, 0.5) is 0 Å². The summed E-state index contributed by atoms with van der Waals surface area (Å²) in [6.07, 6.45) is 8.14. The molecule has 0 atom stereocenters. The Labute approximate surface area is 186 Å². The van der Waals surface area contributed by atoms with Gasteiger partial charge in [0.2, 0.25) is 0 Å². The van der Waals surface area contributed by atoms with Crippen LogP contribution in [-0.2, 0) is 13.1 Å². The van der Waals surface area contributed by atoms with Crippen molar-refractivity contribution in [3.8, 4) is 0 Å². The molecular weight excluding hydrogens is 380 g/mol. The van der Waals surface area contributed by atoms with Gasteiger partial charge in [-0.2, -0.15) is 0 Å². The van der Waals surface area contributed by atoms with Gasteiger partial charge in [-0.05, 0) is 43.5 Å². The number of aromatic nitrogens is 4. The molecule has 0 aliphatic rings. The second kappa shape index (κ2) is 10.1. The highest BCUT2D eigenvalue weighted by Crippen LogP contribution is 2.34. The second-order valence-corrected chi connectivity index (χ2v) is 8.62. The third-order valence-corrected chi connectivity index (χ3v) is 6.31. The molecule has 0 unspecified atom stereocenters. The fourth-order valence-electron chi connectivity index (χ4n) is 4.60. The summed E-state index contributed by atoms with van der Waals surface area (Å²) in [5.74, 6) is 2.60. The van der Waals surface area contributed by atoms with E-state index in [1.807, 2.05) is 0 Å². The Hall–Kier alpha value is -2.62. The van der Waals surface area contributed by atoms with Crippen molar-refractivity contribution < 1.29 is 0 Å². The summed E-state index contributed by atoms with van der Waals surface area (Å²) in [4.78, 5) is 10.4. The van der Waals surface area contributed by atoms with Gasteiger partial charge in [0.1, 0.15) is 11.6 Å². The second-order valence-electron chi connectivity index (χ2n) is 8.62. The Morgan fingerprint density at radius 2 is 1.10 bits per heavy atom. The van der Waals surface area contributed by atoms with Crippen molar-refractivity contribution >= 4 is 22.1 Å². The minimum Gasteiger partial charge on any atom is -0.327 e. The largest absolute Gasteiger partial charge is 0.327 e. The van der Waals surface area contributed by atoms with E-state index in [0.717, 1.165) is 30.5 Å². The number of nitrogens with zero attached hydrogens (tertiary/aromatic N) is 4. The quantitative estimate of drug-likeness (QED) is 0.257. The van der Waals surface area contributed by atoms with Crippen LogP contribution in [0.5, 0.6) is 0 Å². The van der Waals surface area contributed by atoms with Gasteiger partial charge in [-0.25, -0.2) is 9.97 Å². The molecule has 0 amide bonds. The fourth-order valence-corrected chi connectivity index (χ4v) is 4.60. The van der Waals surface area contributed by atoms with E-state index in [2.05, 4.69) is 78.4 Å². The SMILES string of the molecule is CCCCC(c1nc2ccccc2n1CCCC)c1nc2ccccc2n1CCCC. The zero-order valence-corrected chi connectivity index (χ0v) is 19.3.